The van der Waals surface area contributed by atoms with Gasteiger partial charge in [-0.1, -0.05) is 13.0 Å². The van der Waals surface area contributed by atoms with Crippen LogP contribution in [0.2, 0.25) is 0 Å². The highest BCUT2D eigenvalue weighted by Gasteiger charge is 2.18. The molecule has 0 aliphatic carbocycles. The Morgan fingerprint density at radius 3 is 2.55 bits per heavy atom. The van der Waals surface area contributed by atoms with E-state index < -0.39 is 11.7 Å². The number of aliphatic hydroxyl groups is 1. The molecule has 2 N–H and O–H groups in total. The summed E-state index contributed by atoms with van der Waals surface area (Å²) >= 11 is 0. The van der Waals surface area contributed by atoms with Crippen molar-refractivity contribution in [2.45, 2.75) is 39.2 Å². The van der Waals surface area contributed by atoms with E-state index >= 15 is 0 Å². The molecular formula is C15H23NO4. The highest BCUT2D eigenvalue weighted by molar-refractivity contribution is 5.87. The highest BCUT2D eigenvalue weighted by Crippen LogP contribution is 2.29. The van der Waals surface area contributed by atoms with Crippen molar-refractivity contribution in [3.8, 4) is 5.75 Å². The summed E-state index contributed by atoms with van der Waals surface area (Å²) in [5, 5.41) is 11.8. The number of carbonyl (C=O) groups excluding carboxylic acids is 1. The zero-order valence-corrected chi connectivity index (χ0v) is 12.7. The standard InChI is InChI=1S/C15H23NO4/c1-10(9-17)11-6-7-12(13(8-11)19-5)16-14(18)20-15(2,3)4/h6-8,10,17H,9H2,1-5H3,(H,16,18). The Labute approximate surface area is 119 Å². The summed E-state index contributed by atoms with van der Waals surface area (Å²) in [7, 11) is 1.53. The third-order valence-electron chi connectivity index (χ3n) is 2.70. The van der Waals surface area contributed by atoms with Crippen LogP contribution in [0.1, 0.15) is 39.2 Å². The summed E-state index contributed by atoms with van der Waals surface area (Å²) in [6.07, 6.45) is -0.529. The van der Waals surface area contributed by atoms with E-state index in [-0.39, 0.29) is 12.5 Å². The Balaban J connectivity index is 2.88. The van der Waals surface area contributed by atoms with Gasteiger partial charge in [-0.15, -0.1) is 0 Å². The Morgan fingerprint density at radius 1 is 1.40 bits per heavy atom. The number of amides is 1. The lowest BCUT2D eigenvalue weighted by Crippen LogP contribution is -2.27. The maximum Gasteiger partial charge on any atom is 0.412 e. The molecule has 1 rings (SSSR count). The van der Waals surface area contributed by atoms with Crippen LogP contribution in [0.15, 0.2) is 18.2 Å². The Hall–Kier alpha value is -1.75. The number of aliphatic hydroxyl groups excluding tert-OH is 1. The molecule has 5 nitrogen and oxygen atoms in total. The molecule has 0 fully saturated rings. The molecule has 1 unspecified atom stereocenters. The van der Waals surface area contributed by atoms with Gasteiger partial charge < -0.3 is 14.6 Å². The van der Waals surface area contributed by atoms with E-state index in [0.717, 1.165) is 5.56 Å². The zero-order chi connectivity index (χ0) is 15.3. The van der Waals surface area contributed by atoms with Gasteiger partial charge in [0.15, 0.2) is 0 Å². The second-order valence-corrected chi connectivity index (χ2v) is 5.67. The fourth-order valence-electron chi connectivity index (χ4n) is 1.64. The van der Waals surface area contributed by atoms with Gasteiger partial charge >= 0.3 is 6.09 Å². The molecule has 1 aromatic carbocycles. The second-order valence-electron chi connectivity index (χ2n) is 5.67. The van der Waals surface area contributed by atoms with E-state index in [1.807, 2.05) is 13.0 Å². The predicted molar refractivity (Wildman–Crippen MR) is 78.4 cm³/mol. The predicted octanol–water partition coefficient (Wildman–Crippen LogP) is 3.14. The largest absolute Gasteiger partial charge is 0.495 e. The third-order valence-corrected chi connectivity index (χ3v) is 2.70. The van der Waals surface area contributed by atoms with E-state index in [1.165, 1.54) is 7.11 Å². The first-order chi connectivity index (χ1) is 9.26. The maximum atomic E-state index is 11.7. The van der Waals surface area contributed by atoms with Crippen LogP contribution in [-0.2, 0) is 4.74 Å². The van der Waals surface area contributed by atoms with Crippen LogP contribution in [0, 0.1) is 0 Å². The molecule has 0 saturated carbocycles. The molecule has 0 aliphatic rings. The van der Waals surface area contributed by atoms with Gasteiger partial charge in [-0.25, -0.2) is 4.79 Å². The molecule has 0 radical (unpaired) electrons. The molecule has 112 valence electrons. The van der Waals surface area contributed by atoms with Gasteiger partial charge in [-0.2, -0.15) is 0 Å². The molecule has 1 amide bonds. The zero-order valence-electron chi connectivity index (χ0n) is 12.7. The number of hydrogen-bond acceptors (Lipinski definition) is 4. The van der Waals surface area contributed by atoms with E-state index in [2.05, 4.69) is 5.32 Å². The summed E-state index contributed by atoms with van der Waals surface area (Å²) < 4.78 is 10.5. The van der Waals surface area contributed by atoms with Crippen LogP contribution in [0.25, 0.3) is 0 Å². The summed E-state index contributed by atoms with van der Waals surface area (Å²) in [6.45, 7) is 7.37. The van der Waals surface area contributed by atoms with Gasteiger partial charge in [0.05, 0.1) is 12.8 Å². The summed E-state index contributed by atoms with van der Waals surface area (Å²) in [6, 6.07) is 5.38. The monoisotopic (exact) mass is 281 g/mol. The van der Waals surface area contributed by atoms with E-state index in [9.17, 15) is 4.79 Å². The Kier molecular flexibility index (Phi) is 5.39. The summed E-state index contributed by atoms with van der Waals surface area (Å²) in [5.41, 5.74) is 0.928. The molecule has 0 heterocycles. The number of methoxy groups -OCH3 is 1. The minimum absolute atomic E-state index is 0.0134. The van der Waals surface area contributed by atoms with Crippen molar-refractivity contribution in [2.75, 3.05) is 19.0 Å². The van der Waals surface area contributed by atoms with Crippen LogP contribution in [0.3, 0.4) is 0 Å². The van der Waals surface area contributed by atoms with Crippen molar-refractivity contribution >= 4 is 11.8 Å². The van der Waals surface area contributed by atoms with Gasteiger partial charge in [-0.05, 0) is 38.5 Å². The normalized spacial score (nSPS) is 12.7. The quantitative estimate of drug-likeness (QED) is 0.889. The highest BCUT2D eigenvalue weighted by atomic mass is 16.6. The van der Waals surface area contributed by atoms with Crippen LogP contribution in [0.4, 0.5) is 10.5 Å². The van der Waals surface area contributed by atoms with Crippen molar-refractivity contribution in [3.05, 3.63) is 23.8 Å². The third kappa shape index (κ3) is 4.74. The van der Waals surface area contributed by atoms with Crippen LogP contribution in [-0.4, -0.2) is 30.5 Å². The fraction of sp³-hybridized carbons (Fsp3) is 0.533. The molecular weight excluding hydrogens is 258 g/mol. The Morgan fingerprint density at radius 2 is 2.05 bits per heavy atom. The average Bonchev–Trinajstić information content (AvgIpc) is 2.36. The second kappa shape index (κ2) is 6.61. The number of hydrogen-bond donors (Lipinski definition) is 2. The minimum atomic E-state index is -0.553. The lowest BCUT2D eigenvalue weighted by Gasteiger charge is -2.20. The number of benzene rings is 1. The first kappa shape index (κ1) is 16.3. The lowest BCUT2D eigenvalue weighted by molar-refractivity contribution is 0.0635. The summed E-state index contributed by atoms with van der Waals surface area (Å²) in [5.74, 6) is 0.549. The van der Waals surface area contributed by atoms with Gasteiger partial charge in [-0.3, -0.25) is 5.32 Å². The van der Waals surface area contributed by atoms with Gasteiger partial charge in [0.25, 0.3) is 0 Å². The number of nitrogens with one attached hydrogen (secondary N) is 1. The Bertz CT molecular complexity index is 465. The average molecular weight is 281 g/mol. The first-order valence-electron chi connectivity index (χ1n) is 6.55. The minimum Gasteiger partial charge on any atom is -0.495 e. The number of ether oxygens (including phenoxy) is 2. The van der Waals surface area contributed by atoms with E-state index in [1.54, 1.807) is 32.9 Å². The number of anilines is 1. The first-order valence-corrected chi connectivity index (χ1v) is 6.55. The molecule has 20 heavy (non-hydrogen) atoms. The smallest absolute Gasteiger partial charge is 0.412 e. The van der Waals surface area contributed by atoms with Crippen molar-refractivity contribution in [1.82, 2.24) is 0 Å². The number of carbonyl (C=O) groups is 1. The fourth-order valence-corrected chi connectivity index (χ4v) is 1.64. The van der Waals surface area contributed by atoms with Crippen molar-refractivity contribution < 1.29 is 19.4 Å². The van der Waals surface area contributed by atoms with Crippen LogP contribution >= 0.6 is 0 Å². The molecule has 1 aromatic rings. The van der Waals surface area contributed by atoms with Crippen molar-refractivity contribution in [2.24, 2.45) is 0 Å². The van der Waals surface area contributed by atoms with Crippen molar-refractivity contribution in [1.29, 1.82) is 0 Å². The van der Waals surface area contributed by atoms with E-state index in [0.29, 0.717) is 11.4 Å². The molecule has 0 spiro atoms. The molecule has 0 saturated heterocycles. The lowest BCUT2D eigenvalue weighted by atomic mass is 10.0. The SMILES string of the molecule is COc1cc(C(C)CO)ccc1NC(=O)OC(C)(C)C. The number of rotatable bonds is 4. The van der Waals surface area contributed by atoms with E-state index in [4.69, 9.17) is 14.6 Å². The summed E-state index contributed by atoms with van der Waals surface area (Å²) in [4.78, 5) is 11.7. The van der Waals surface area contributed by atoms with Gasteiger partial charge in [0, 0.05) is 12.5 Å². The van der Waals surface area contributed by atoms with Crippen LogP contribution in [0.5, 0.6) is 5.75 Å². The molecule has 0 aliphatic heterocycles. The van der Waals surface area contributed by atoms with Gasteiger partial charge in [0.1, 0.15) is 11.4 Å². The molecule has 0 aromatic heterocycles. The topological polar surface area (TPSA) is 67.8 Å². The maximum absolute atomic E-state index is 11.7. The van der Waals surface area contributed by atoms with Crippen molar-refractivity contribution in [3.63, 3.8) is 0 Å². The molecule has 1 atom stereocenters. The molecule has 0 bridgehead atoms. The molecule has 5 heteroatoms. The van der Waals surface area contributed by atoms with Gasteiger partial charge in [0.2, 0.25) is 0 Å². The van der Waals surface area contributed by atoms with Crippen LogP contribution < -0.4 is 10.1 Å².